The number of carbonyl (C=O) groups excluding carboxylic acids is 2. The minimum Gasteiger partial charge on any atom is -0.425 e. The number of esters is 1. The van der Waals surface area contributed by atoms with E-state index in [1.165, 1.54) is 11.8 Å². The summed E-state index contributed by atoms with van der Waals surface area (Å²) >= 11 is 0. The lowest BCUT2D eigenvalue weighted by molar-refractivity contribution is -0.174. The Bertz CT molecular complexity index is 439. The second-order valence-corrected chi connectivity index (χ2v) is 5.47. The van der Waals surface area contributed by atoms with Gasteiger partial charge in [0.1, 0.15) is 0 Å². The van der Waals surface area contributed by atoms with Crippen molar-refractivity contribution in [3.8, 4) is 0 Å². The van der Waals surface area contributed by atoms with Crippen molar-refractivity contribution < 1.29 is 19.1 Å². The zero-order chi connectivity index (χ0) is 16.8. The van der Waals surface area contributed by atoms with Crippen molar-refractivity contribution in [3.63, 3.8) is 0 Å². The number of ether oxygens (including phenoxy) is 2. The Morgan fingerprint density at radius 3 is 2.24 bits per heavy atom. The highest BCUT2D eigenvalue weighted by Gasteiger charge is 2.26. The molecule has 1 unspecified atom stereocenters. The Morgan fingerprint density at radius 2 is 1.81 bits per heavy atom. The molecular formula is C12H23N5O4. The predicted molar refractivity (Wildman–Crippen MR) is 77.7 cm³/mol. The molecule has 1 atom stereocenters. The Hall–Kier alpha value is -2.32. The molecule has 21 heavy (non-hydrogen) atoms. The second-order valence-electron chi connectivity index (χ2n) is 5.47. The van der Waals surface area contributed by atoms with Crippen molar-refractivity contribution in [2.45, 2.75) is 34.0 Å². The van der Waals surface area contributed by atoms with Crippen LogP contribution < -0.4 is 11.1 Å². The van der Waals surface area contributed by atoms with E-state index in [0.717, 1.165) is 0 Å². The third-order valence-electron chi connectivity index (χ3n) is 2.04. The van der Waals surface area contributed by atoms with Gasteiger partial charge in [-0.1, -0.05) is 0 Å². The number of guanidine groups is 2. The van der Waals surface area contributed by atoms with Gasteiger partial charge >= 0.3 is 12.1 Å². The largest absolute Gasteiger partial charge is 0.425 e. The molecule has 0 aliphatic carbocycles. The van der Waals surface area contributed by atoms with Gasteiger partial charge in [-0.05, 0) is 20.8 Å². The first-order chi connectivity index (χ1) is 9.43. The molecule has 0 aromatic heterocycles. The van der Waals surface area contributed by atoms with E-state index in [-0.39, 0.29) is 11.9 Å². The van der Waals surface area contributed by atoms with E-state index in [2.05, 4.69) is 10.3 Å². The summed E-state index contributed by atoms with van der Waals surface area (Å²) in [4.78, 5) is 28.1. The van der Waals surface area contributed by atoms with Crippen LogP contribution in [0.2, 0.25) is 0 Å². The third kappa shape index (κ3) is 7.75. The Labute approximate surface area is 124 Å². The van der Waals surface area contributed by atoms with E-state index in [0.29, 0.717) is 0 Å². The second kappa shape index (κ2) is 7.46. The van der Waals surface area contributed by atoms with Gasteiger partial charge in [0.2, 0.25) is 18.2 Å². The van der Waals surface area contributed by atoms with Gasteiger partial charge in [-0.2, -0.15) is 4.99 Å². The van der Waals surface area contributed by atoms with E-state index >= 15 is 0 Å². The van der Waals surface area contributed by atoms with Gasteiger partial charge in [-0.25, -0.2) is 4.79 Å². The van der Waals surface area contributed by atoms with E-state index in [1.54, 1.807) is 34.9 Å². The van der Waals surface area contributed by atoms with Crippen LogP contribution in [0.4, 0.5) is 4.79 Å². The van der Waals surface area contributed by atoms with Gasteiger partial charge < -0.3 is 20.1 Å². The smallest absolute Gasteiger partial charge is 0.417 e. The van der Waals surface area contributed by atoms with Gasteiger partial charge in [-0.3, -0.25) is 15.5 Å². The fourth-order valence-corrected chi connectivity index (χ4v) is 0.878. The number of carbonyl (C=O) groups is 2. The lowest BCUT2D eigenvalue weighted by Crippen LogP contribution is -2.41. The van der Waals surface area contributed by atoms with Crippen molar-refractivity contribution in [2.24, 2.45) is 16.1 Å². The summed E-state index contributed by atoms with van der Waals surface area (Å²) in [5, 5.41) is 9.53. The maximum absolute atomic E-state index is 11.6. The molecule has 9 nitrogen and oxygen atoms in total. The summed E-state index contributed by atoms with van der Waals surface area (Å²) in [6, 6.07) is 0. The first kappa shape index (κ1) is 18.7. The molecule has 0 spiro atoms. The SMILES string of the molecule is CC(OC(=O)NC(N)=NC(=N)N(C)C)OC(=O)C(C)(C)C. The maximum Gasteiger partial charge on any atom is 0.417 e. The van der Waals surface area contributed by atoms with Crippen molar-refractivity contribution in [1.82, 2.24) is 10.2 Å². The van der Waals surface area contributed by atoms with Crippen molar-refractivity contribution in [1.29, 1.82) is 5.41 Å². The number of hydrogen-bond acceptors (Lipinski definition) is 5. The van der Waals surface area contributed by atoms with Crippen LogP contribution in [0.15, 0.2) is 4.99 Å². The number of nitrogens with one attached hydrogen (secondary N) is 2. The molecule has 0 radical (unpaired) electrons. The molecule has 0 aromatic carbocycles. The zero-order valence-corrected chi connectivity index (χ0v) is 13.2. The Morgan fingerprint density at radius 1 is 1.29 bits per heavy atom. The van der Waals surface area contributed by atoms with Gasteiger partial charge in [0, 0.05) is 21.0 Å². The maximum atomic E-state index is 11.6. The van der Waals surface area contributed by atoms with Gasteiger partial charge in [0.15, 0.2) is 0 Å². The van der Waals surface area contributed by atoms with Crippen LogP contribution in [-0.4, -0.2) is 49.3 Å². The summed E-state index contributed by atoms with van der Waals surface area (Å²) in [5.74, 6) is -0.938. The Kier molecular flexibility index (Phi) is 6.64. The summed E-state index contributed by atoms with van der Waals surface area (Å²) < 4.78 is 9.72. The summed E-state index contributed by atoms with van der Waals surface area (Å²) in [6.07, 6.45) is -2.00. The topological polar surface area (TPSA) is 130 Å². The number of hydrogen-bond donors (Lipinski definition) is 3. The van der Waals surface area contributed by atoms with Crippen LogP contribution in [0, 0.1) is 10.8 Å². The van der Waals surface area contributed by atoms with E-state index < -0.39 is 23.8 Å². The van der Waals surface area contributed by atoms with Crippen molar-refractivity contribution in [3.05, 3.63) is 0 Å². The molecule has 0 saturated heterocycles. The van der Waals surface area contributed by atoms with Gasteiger partial charge in [-0.15, -0.1) is 0 Å². The minimum atomic E-state index is -1.07. The zero-order valence-electron chi connectivity index (χ0n) is 13.2. The molecule has 9 heteroatoms. The van der Waals surface area contributed by atoms with Crippen LogP contribution in [-0.2, 0) is 14.3 Å². The summed E-state index contributed by atoms with van der Waals surface area (Å²) in [7, 11) is 3.21. The number of nitrogens with zero attached hydrogens (tertiary/aromatic N) is 2. The predicted octanol–water partition coefficient (Wildman–Crippen LogP) is 0.459. The molecule has 0 saturated carbocycles. The average Bonchev–Trinajstić information content (AvgIpc) is 2.26. The molecule has 120 valence electrons. The molecule has 0 fully saturated rings. The lowest BCUT2D eigenvalue weighted by Gasteiger charge is -2.20. The normalized spacial score (nSPS) is 13.1. The minimum absolute atomic E-state index is 0.139. The van der Waals surface area contributed by atoms with Crippen molar-refractivity contribution >= 4 is 24.0 Å². The highest BCUT2D eigenvalue weighted by molar-refractivity contribution is 5.99. The third-order valence-corrected chi connectivity index (χ3v) is 2.04. The molecule has 1 amide bonds. The molecular weight excluding hydrogens is 278 g/mol. The standard InChI is InChI=1S/C12H23N5O4/c1-7(20-8(18)12(2,3)4)21-11(19)16-9(13)15-10(14)17(5)6/h7H,1-6H3,(H4,13,14,15,16,19). The molecule has 4 N–H and O–H groups in total. The lowest BCUT2D eigenvalue weighted by atomic mass is 9.97. The van der Waals surface area contributed by atoms with E-state index in [1.807, 2.05) is 0 Å². The number of alkyl carbamates (subject to hydrolysis) is 1. The molecule has 0 rings (SSSR count). The Balaban J connectivity index is 4.38. The van der Waals surface area contributed by atoms with Crippen LogP contribution >= 0.6 is 0 Å². The average molecular weight is 301 g/mol. The molecule has 0 heterocycles. The molecule has 0 aromatic rings. The first-order valence-corrected chi connectivity index (χ1v) is 6.22. The molecule has 0 bridgehead atoms. The number of aliphatic imine (C=N–C) groups is 1. The van der Waals surface area contributed by atoms with Crippen LogP contribution in [0.5, 0.6) is 0 Å². The quantitative estimate of drug-likeness (QED) is 0.294. The fourth-order valence-electron chi connectivity index (χ4n) is 0.878. The van der Waals surface area contributed by atoms with E-state index in [9.17, 15) is 9.59 Å². The fraction of sp³-hybridized carbons (Fsp3) is 0.667. The van der Waals surface area contributed by atoms with Crippen LogP contribution in [0.25, 0.3) is 0 Å². The number of rotatable bonds is 2. The first-order valence-electron chi connectivity index (χ1n) is 6.22. The van der Waals surface area contributed by atoms with Crippen LogP contribution in [0.1, 0.15) is 27.7 Å². The number of amides is 1. The number of nitrogens with two attached hydrogens (primary N) is 1. The van der Waals surface area contributed by atoms with Crippen molar-refractivity contribution in [2.75, 3.05) is 14.1 Å². The summed E-state index contributed by atoms with van der Waals surface area (Å²) in [5.41, 5.74) is 4.72. The summed E-state index contributed by atoms with van der Waals surface area (Å²) in [6.45, 7) is 6.44. The monoisotopic (exact) mass is 301 g/mol. The van der Waals surface area contributed by atoms with Gasteiger partial charge in [0.25, 0.3) is 0 Å². The van der Waals surface area contributed by atoms with Gasteiger partial charge in [0.05, 0.1) is 5.41 Å². The highest BCUT2D eigenvalue weighted by Crippen LogP contribution is 2.16. The van der Waals surface area contributed by atoms with E-state index in [4.69, 9.17) is 20.6 Å². The highest BCUT2D eigenvalue weighted by atomic mass is 16.7. The molecule has 0 aliphatic rings. The molecule has 0 aliphatic heterocycles. The van der Waals surface area contributed by atoms with Crippen LogP contribution in [0.3, 0.4) is 0 Å².